The molecule has 0 radical (unpaired) electrons. The van der Waals surface area contributed by atoms with E-state index >= 15 is 0 Å². The smallest absolute Gasteiger partial charge is 0.224 e. The second-order valence-electron chi connectivity index (χ2n) is 6.20. The van der Waals surface area contributed by atoms with Crippen LogP contribution in [0.4, 0.5) is 0 Å². The summed E-state index contributed by atoms with van der Waals surface area (Å²) in [6.45, 7) is 1.41. The molecule has 5 nitrogen and oxygen atoms in total. The van der Waals surface area contributed by atoms with Crippen molar-refractivity contribution in [3.8, 4) is 5.75 Å². The van der Waals surface area contributed by atoms with Crippen LogP contribution in [0.5, 0.6) is 5.75 Å². The van der Waals surface area contributed by atoms with E-state index in [2.05, 4.69) is 5.32 Å². The van der Waals surface area contributed by atoms with Crippen LogP contribution in [-0.2, 0) is 35.7 Å². The molecule has 3 rings (SSSR count). The number of carbonyl (C=O) groups excluding carboxylic acids is 1. The maximum absolute atomic E-state index is 12.2. The van der Waals surface area contributed by atoms with E-state index in [1.54, 1.807) is 13.4 Å². The Balaban J connectivity index is 1.46. The van der Waals surface area contributed by atoms with E-state index in [9.17, 15) is 4.79 Å². The topological polar surface area (TPSA) is 60.7 Å². The van der Waals surface area contributed by atoms with Crippen molar-refractivity contribution in [1.29, 1.82) is 0 Å². The number of furan rings is 1. The minimum Gasteiger partial charge on any atom is -0.497 e. The molecule has 0 bridgehead atoms. The SMILES string of the molecule is COc1cccc(CC(=O)NCc2cccc(COCc3ccco3)c2)c1. The highest BCUT2D eigenvalue weighted by Crippen LogP contribution is 2.13. The molecule has 2 aromatic carbocycles. The van der Waals surface area contributed by atoms with Gasteiger partial charge in [-0.3, -0.25) is 4.79 Å². The average molecular weight is 365 g/mol. The number of nitrogens with one attached hydrogen (secondary N) is 1. The fourth-order valence-electron chi connectivity index (χ4n) is 2.72. The molecule has 0 spiro atoms. The predicted octanol–water partition coefficient (Wildman–Crippen LogP) is 3.86. The van der Waals surface area contributed by atoms with Crippen LogP contribution in [0.15, 0.2) is 71.3 Å². The summed E-state index contributed by atoms with van der Waals surface area (Å²) in [6, 6.07) is 19.3. The maximum Gasteiger partial charge on any atom is 0.224 e. The number of hydrogen-bond acceptors (Lipinski definition) is 4. The Kier molecular flexibility index (Phi) is 6.66. The Labute approximate surface area is 158 Å². The Hall–Kier alpha value is -3.05. The molecule has 3 aromatic rings. The van der Waals surface area contributed by atoms with Gasteiger partial charge in [0.2, 0.25) is 5.91 Å². The van der Waals surface area contributed by atoms with Crippen molar-refractivity contribution >= 4 is 5.91 Å². The maximum atomic E-state index is 12.2. The molecule has 5 heteroatoms. The number of amides is 1. The summed E-state index contributed by atoms with van der Waals surface area (Å²) in [5.74, 6) is 1.53. The summed E-state index contributed by atoms with van der Waals surface area (Å²) < 4.78 is 16.1. The third-order valence-corrected chi connectivity index (χ3v) is 4.07. The van der Waals surface area contributed by atoms with Gasteiger partial charge in [0.15, 0.2) is 0 Å². The van der Waals surface area contributed by atoms with Gasteiger partial charge in [0, 0.05) is 6.54 Å². The lowest BCUT2D eigenvalue weighted by atomic mass is 10.1. The van der Waals surface area contributed by atoms with Gasteiger partial charge in [-0.25, -0.2) is 0 Å². The number of benzene rings is 2. The second kappa shape index (κ2) is 9.59. The third-order valence-electron chi connectivity index (χ3n) is 4.07. The first-order valence-electron chi connectivity index (χ1n) is 8.80. The lowest BCUT2D eigenvalue weighted by molar-refractivity contribution is -0.120. The van der Waals surface area contributed by atoms with Gasteiger partial charge < -0.3 is 19.2 Å². The van der Waals surface area contributed by atoms with E-state index in [4.69, 9.17) is 13.9 Å². The van der Waals surface area contributed by atoms with Crippen molar-refractivity contribution in [2.75, 3.05) is 7.11 Å². The Morgan fingerprint density at radius 1 is 0.963 bits per heavy atom. The van der Waals surface area contributed by atoms with Crippen LogP contribution in [0.1, 0.15) is 22.5 Å². The van der Waals surface area contributed by atoms with Crippen molar-refractivity contribution in [1.82, 2.24) is 5.32 Å². The molecule has 0 aliphatic carbocycles. The molecular formula is C22H23NO4. The van der Waals surface area contributed by atoms with Crippen LogP contribution in [0.25, 0.3) is 0 Å². The molecule has 27 heavy (non-hydrogen) atoms. The van der Waals surface area contributed by atoms with Gasteiger partial charge in [0.05, 0.1) is 26.4 Å². The second-order valence-corrected chi connectivity index (χ2v) is 6.20. The summed E-state index contributed by atoms with van der Waals surface area (Å²) in [5.41, 5.74) is 3.01. The Morgan fingerprint density at radius 3 is 2.59 bits per heavy atom. The number of ether oxygens (including phenoxy) is 2. The molecule has 1 aromatic heterocycles. The van der Waals surface area contributed by atoms with Crippen LogP contribution in [0.3, 0.4) is 0 Å². The zero-order chi connectivity index (χ0) is 18.9. The van der Waals surface area contributed by atoms with E-state index in [-0.39, 0.29) is 5.91 Å². The van der Waals surface area contributed by atoms with Gasteiger partial charge in [-0.05, 0) is 41.0 Å². The summed E-state index contributed by atoms with van der Waals surface area (Å²) in [5, 5.41) is 2.96. The highest BCUT2D eigenvalue weighted by atomic mass is 16.5. The van der Waals surface area contributed by atoms with Gasteiger partial charge >= 0.3 is 0 Å². The number of rotatable bonds is 9. The van der Waals surface area contributed by atoms with Crippen LogP contribution < -0.4 is 10.1 Å². The lowest BCUT2D eigenvalue weighted by Gasteiger charge is -2.09. The van der Waals surface area contributed by atoms with Gasteiger partial charge in [-0.1, -0.05) is 36.4 Å². The largest absolute Gasteiger partial charge is 0.497 e. The molecule has 1 N–H and O–H groups in total. The van der Waals surface area contributed by atoms with E-state index < -0.39 is 0 Å². The van der Waals surface area contributed by atoms with Crippen molar-refractivity contribution < 1.29 is 18.7 Å². The normalized spacial score (nSPS) is 10.6. The fourth-order valence-corrected chi connectivity index (χ4v) is 2.72. The highest BCUT2D eigenvalue weighted by Gasteiger charge is 2.05. The van der Waals surface area contributed by atoms with Gasteiger partial charge in [0.1, 0.15) is 18.1 Å². The zero-order valence-electron chi connectivity index (χ0n) is 15.3. The summed E-state index contributed by atoms with van der Waals surface area (Å²) >= 11 is 0. The monoisotopic (exact) mass is 365 g/mol. The molecule has 0 atom stereocenters. The molecule has 1 heterocycles. The predicted molar refractivity (Wildman–Crippen MR) is 102 cm³/mol. The average Bonchev–Trinajstić information content (AvgIpc) is 3.20. The van der Waals surface area contributed by atoms with Crippen LogP contribution in [0, 0.1) is 0 Å². The van der Waals surface area contributed by atoms with Crippen molar-refractivity contribution in [3.63, 3.8) is 0 Å². The quantitative estimate of drug-likeness (QED) is 0.625. The van der Waals surface area contributed by atoms with E-state index in [1.807, 2.05) is 60.7 Å². The Bertz CT molecular complexity index is 858. The molecule has 0 saturated heterocycles. The lowest BCUT2D eigenvalue weighted by Crippen LogP contribution is -2.24. The minimum atomic E-state index is -0.0253. The van der Waals surface area contributed by atoms with Crippen molar-refractivity contribution in [3.05, 3.63) is 89.4 Å². The molecule has 0 aliphatic rings. The number of hydrogen-bond donors (Lipinski definition) is 1. The Morgan fingerprint density at radius 2 is 1.78 bits per heavy atom. The molecule has 0 unspecified atom stereocenters. The van der Waals surface area contributed by atoms with E-state index in [1.165, 1.54) is 0 Å². The molecule has 1 amide bonds. The minimum absolute atomic E-state index is 0.0253. The number of methoxy groups -OCH3 is 1. The molecule has 0 saturated carbocycles. The highest BCUT2D eigenvalue weighted by molar-refractivity contribution is 5.78. The summed E-state index contributed by atoms with van der Waals surface area (Å²) in [6.07, 6.45) is 1.96. The summed E-state index contributed by atoms with van der Waals surface area (Å²) in [7, 11) is 1.62. The van der Waals surface area contributed by atoms with Crippen LogP contribution in [-0.4, -0.2) is 13.0 Å². The van der Waals surface area contributed by atoms with Gasteiger partial charge in [-0.15, -0.1) is 0 Å². The molecule has 140 valence electrons. The zero-order valence-corrected chi connectivity index (χ0v) is 15.3. The van der Waals surface area contributed by atoms with E-state index in [0.29, 0.717) is 26.2 Å². The molecule has 0 aliphatic heterocycles. The van der Waals surface area contributed by atoms with Crippen LogP contribution in [0.2, 0.25) is 0 Å². The summed E-state index contributed by atoms with van der Waals surface area (Å²) in [4.78, 5) is 12.2. The van der Waals surface area contributed by atoms with Crippen molar-refractivity contribution in [2.45, 2.75) is 26.2 Å². The first kappa shape index (κ1) is 18.7. The number of carbonyl (C=O) groups is 1. The van der Waals surface area contributed by atoms with E-state index in [0.717, 1.165) is 28.2 Å². The van der Waals surface area contributed by atoms with Gasteiger partial charge in [0.25, 0.3) is 0 Å². The standard InChI is InChI=1S/C22H23NO4/c1-25-20-8-3-5-17(12-20)13-22(24)23-14-18-6-2-7-19(11-18)15-26-16-21-9-4-10-27-21/h2-12H,13-16H2,1H3,(H,23,24). The fraction of sp³-hybridized carbons (Fsp3) is 0.227. The van der Waals surface area contributed by atoms with Crippen LogP contribution >= 0.6 is 0 Å². The first-order chi connectivity index (χ1) is 13.2. The third kappa shape index (κ3) is 6.01. The molecule has 0 fully saturated rings. The van der Waals surface area contributed by atoms with Crippen molar-refractivity contribution in [2.24, 2.45) is 0 Å². The van der Waals surface area contributed by atoms with Gasteiger partial charge in [-0.2, -0.15) is 0 Å². The molecular weight excluding hydrogens is 342 g/mol. The first-order valence-corrected chi connectivity index (χ1v) is 8.80.